The fraction of sp³-hybridized carbons (Fsp3) is 0.444. The summed E-state index contributed by atoms with van der Waals surface area (Å²) in [4.78, 5) is 16.7. The third-order valence-electron chi connectivity index (χ3n) is 4.73. The molecule has 1 aliphatic rings. The van der Waals surface area contributed by atoms with Crippen LogP contribution in [0, 0.1) is 0 Å². The Kier molecular flexibility index (Phi) is 3.44. The molecule has 110 valence electrons. The molecule has 0 saturated carbocycles. The number of carboxylic acids is 1. The number of aromatic carboxylic acids is 1. The molecule has 0 fully saturated rings. The van der Waals surface area contributed by atoms with E-state index in [-0.39, 0.29) is 5.92 Å². The van der Waals surface area contributed by atoms with Crippen LogP contribution in [0.25, 0.3) is 10.9 Å². The summed E-state index contributed by atoms with van der Waals surface area (Å²) < 4.78 is 0. The summed E-state index contributed by atoms with van der Waals surface area (Å²) in [5.41, 5.74) is 4.39. The highest BCUT2D eigenvalue weighted by Gasteiger charge is 2.30. The fourth-order valence-electron chi connectivity index (χ4n) is 3.45. The molecule has 0 amide bonds. The number of pyridine rings is 1. The van der Waals surface area contributed by atoms with Crippen molar-refractivity contribution in [3.63, 3.8) is 0 Å². The molecule has 1 heterocycles. The van der Waals surface area contributed by atoms with E-state index in [2.05, 4.69) is 20.8 Å². The molecule has 0 aliphatic heterocycles. The van der Waals surface area contributed by atoms with Crippen molar-refractivity contribution in [3.8, 4) is 0 Å². The van der Waals surface area contributed by atoms with Crippen molar-refractivity contribution in [2.45, 2.75) is 51.9 Å². The van der Waals surface area contributed by atoms with E-state index in [1.165, 1.54) is 0 Å². The molecule has 0 saturated heterocycles. The van der Waals surface area contributed by atoms with Gasteiger partial charge in [0.2, 0.25) is 0 Å². The first kappa shape index (κ1) is 14.1. The van der Waals surface area contributed by atoms with Crippen LogP contribution in [0.15, 0.2) is 18.2 Å². The Balaban J connectivity index is 2.41. The van der Waals surface area contributed by atoms with Gasteiger partial charge >= 0.3 is 5.97 Å². The van der Waals surface area contributed by atoms with Gasteiger partial charge in [-0.25, -0.2) is 4.79 Å². The van der Waals surface area contributed by atoms with Crippen LogP contribution in [0.3, 0.4) is 0 Å². The Morgan fingerprint density at radius 1 is 1.29 bits per heavy atom. The highest BCUT2D eigenvalue weighted by Crippen LogP contribution is 2.41. The Morgan fingerprint density at radius 3 is 2.67 bits per heavy atom. The van der Waals surface area contributed by atoms with E-state index < -0.39 is 5.97 Å². The van der Waals surface area contributed by atoms with E-state index in [0.717, 1.165) is 47.0 Å². The van der Waals surface area contributed by atoms with E-state index in [4.69, 9.17) is 4.98 Å². The van der Waals surface area contributed by atoms with Crippen molar-refractivity contribution in [1.29, 1.82) is 0 Å². The lowest BCUT2D eigenvalue weighted by atomic mass is 9.78. The minimum absolute atomic E-state index is 0.268. The Morgan fingerprint density at radius 2 is 2.00 bits per heavy atom. The quantitative estimate of drug-likeness (QED) is 0.883. The van der Waals surface area contributed by atoms with Crippen molar-refractivity contribution < 1.29 is 9.90 Å². The molecule has 3 rings (SSSR count). The highest BCUT2D eigenvalue weighted by molar-refractivity contribution is 6.04. The number of hydrogen-bond donors (Lipinski definition) is 1. The van der Waals surface area contributed by atoms with E-state index in [9.17, 15) is 9.90 Å². The summed E-state index contributed by atoms with van der Waals surface area (Å²) in [7, 11) is 0. The predicted octanol–water partition coefficient (Wildman–Crippen LogP) is 4.50. The number of carboxylic acid groups (broad SMARTS) is 1. The molecule has 21 heavy (non-hydrogen) atoms. The third-order valence-corrected chi connectivity index (χ3v) is 4.73. The van der Waals surface area contributed by atoms with E-state index in [0.29, 0.717) is 11.5 Å². The lowest BCUT2D eigenvalue weighted by Crippen LogP contribution is -2.18. The molecule has 2 aromatic rings. The molecule has 1 N–H and O–H groups in total. The summed E-state index contributed by atoms with van der Waals surface area (Å²) in [6.45, 7) is 6.35. The van der Waals surface area contributed by atoms with Crippen molar-refractivity contribution in [2.75, 3.05) is 0 Å². The molecule has 3 nitrogen and oxygen atoms in total. The third kappa shape index (κ3) is 2.21. The van der Waals surface area contributed by atoms with Crippen LogP contribution in [0.4, 0.5) is 0 Å². The summed E-state index contributed by atoms with van der Waals surface area (Å²) >= 11 is 0. The number of carbonyl (C=O) groups is 1. The second-order valence-corrected chi connectivity index (χ2v) is 6.18. The topological polar surface area (TPSA) is 50.2 Å². The van der Waals surface area contributed by atoms with Gasteiger partial charge in [0.15, 0.2) is 0 Å². The van der Waals surface area contributed by atoms with Gasteiger partial charge in [-0.1, -0.05) is 26.8 Å². The fourth-order valence-corrected chi connectivity index (χ4v) is 3.45. The Bertz CT molecular complexity index is 721. The summed E-state index contributed by atoms with van der Waals surface area (Å²) in [5.74, 6) is -0.220. The smallest absolute Gasteiger partial charge is 0.336 e. The van der Waals surface area contributed by atoms with Crippen molar-refractivity contribution in [1.82, 2.24) is 4.98 Å². The van der Waals surface area contributed by atoms with Gasteiger partial charge in [-0.3, -0.25) is 4.98 Å². The van der Waals surface area contributed by atoms with Crippen LogP contribution in [0.1, 0.15) is 72.6 Å². The summed E-state index contributed by atoms with van der Waals surface area (Å²) in [5, 5.41) is 10.6. The van der Waals surface area contributed by atoms with Gasteiger partial charge in [-0.05, 0) is 54.4 Å². The van der Waals surface area contributed by atoms with Gasteiger partial charge in [-0.2, -0.15) is 0 Å². The molecular formula is C18H21NO2. The minimum atomic E-state index is -0.826. The number of fused-ring (bicyclic) bond motifs is 2. The Labute approximate surface area is 125 Å². The molecule has 2 unspecified atom stereocenters. The largest absolute Gasteiger partial charge is 0.478 e. The van der Waals surface area contributed by atoms with Crippen LogP contribution in [0.5, 0.6) is 0 Å². The maximum absolute atomic E-state index is 11.9. The lowest BCUT2D eigenvalue weighted by molar-refractivity contribution is 0.0696. The first-order valence-electron chi connectivity index (χ1n) is 7.72. The van der Waals surface area contributed by atoms with Crippen LogP contribution < -0.4 is 0 Å². The average molecular weight is 283 g/mol. The summed E-state index contributed by atoms with van der Waals surface area (Å²) in [6, 6.07) is 6.01. The molecule has 1 aromatic carbocycles. The van der Waals surface area contributed by atoms with Crippen molar-refractivity contribution in [2.24, 2.45) is 0 Å². The first-order chi connectivity index (χ1) is 10.0. The van der Waals surface area contributed by atoms with E-state index in [1.807, 2.05) is 18.2 Å². The number of hydrogen-bond acceptors (Lipinski definition) is 2. The van der Waals surface area contributed by atoms with E-state index in [1.54, 1.807) is 0 Å². The Hall–Kier alpha value is -1.90. The number of benzene rings is 1. The van der Waals surface area contributed by atoms with E-state index >= 15 is 0 Å². The van der Waals surface area contributed by atoms with Gasteiger partial charge in [0.1, 0.15) is 0 Å². The number of rotatable bonds is 2. The SMILES string of the molecule is CCc1ccc2nc3c(c(C(=O)O)c2c1)C(C)CCC3C. The van der Waals surface area contributed by atoms with Crippen molar-refractivity contribution >= 4 is 16.9 Å². The zero-order valence-corrected chi connectivity index (χ0v) is 12.8. The predicted molar refractivity (Wildman–Crippen MR) is 84.1 cm³/mol. The average Bonchev–Trinajstić information content (AvgIpc) is 2.48. The molecule has 1 aliphatic carbocycles. The molecular weight excluding hydrogens is 262 g/mol. The first-order valence-corrected chi connectivity index (χ1v) is 7.72. The molecule has 0 bridgehead atoms. The van der Waals surface area contributed by atoms with Gasteiger partial charge in [0.05, 0.1) is 11.1 Å². The number of nitrogens with zero attached hydrogens (tertiary/aromatic N) is 1. The van der Waals surface area contributed by atoms with Crippen molar-refractivity contribution in [3.05, 3.63) is 40.6 Å². The second-order valence-electron chi connectivity index (χ2n) is 6.18. The zero-order valence-electron chi connectivity index (χ0n) is 12.8. The normalized spacial score (nSPS) is 21.3. The van der Waals surface area contributed by atoms with Gasteiger partial charge in [0.25, 0.3) is 0 Å². The van der Waals surface area contributed by atoms with Crippen LogP contribution in [-0.2, 0) is 6.42 Å². The number of aromatic nitrogens is 1. The van der Waals surface area contributed by atoms with Crippen LogP contribution in [0.2, 0.25) is 0 Å². The van der Waals surface area contributed by atoms with Crippen LogP contribution >= 0.6 is 0 Å². The zero-order chi connectivity index (χ0) is 15.1. The minimum Gasteiger partial charge on any atom is -0.478 e. The van der Waals surface area contributed by atoms with Crippen LogP contribution in [-0.4, -0.2) is 16.1 Å². The maximum Gasteiger partial charge on any atom is 0.336 e. The molecule has 0 spiro atoms. The standard InChI is InChI=1S/C18H21NO2/c1-4-12-7-8-14-13(9-12)16(18(20)21)15-10(2)5-6-11(3)17(15)19-14/h7-11H,4-6H2,1-3H3,(H,20,21). The molecule has 0 radical (unpaired) electrons. The van der Waals surface area contributed by atoms with Gasteiger partial charge < -0.3 is 5.11 Å². The lowest BCUT2D eigenvalue weighted by Gasteiger charge is -2.28. The van der Waals surface area contributed by atoms with Gasteiger partial charge in [-0.15, -0.1) is 0 Å². The number of aryl methyl sites for hydroxylation is 1. The highest BCUT2D eigenvalue weighted by atomic mass is 16.4. The molecule has 2 atom stereocenters. The maximum atomic E-state index is 11.9. The van der Waals surface area contributed by atoms with Gasteiger partial charge in [0, 0.05) is 11.1 Å². The molecule has 1 aromatic heterocycles. The molecule has 3 heteroatoms. The summed E-state index contributed by atoms with van der Waals surface area (Å²) in [6.07, 6.45) is 3.02. The second kappa shape index (κ2) is 5.14. The monoisotopic (exact) mass is 283 g/mol.